The van der Waals surface area contributed by atoms with Crippen molar-refractivity contribution in [3.05, 3.63) is 90.4 Å². The number of rotatable bonds is 7. The zero-order chi connectivity index (χ0) is 20.0. The first-order valence-corrected chi connectivity index (χ1v) is 9.87. The van der Waals surface area contributed by atoms with Crippen LogP contribution >= 0.6 is 0 Å². The van der Waals surface area contributed by atoms with Crippen LogP contribution in [0.3, 0.4) is 0 Å². The highest BCUT2D eigenvalue weighted by atomic mass is 32.2. The van der Waals surface area contributed by atoms with E-state index in [0.717, 1.165) is 0 Å². The average Bonchev–Trinajstić information content (AvgIpc) is 2.69. The molecule has 28 heavy (non-hydrogen) atoms. The second-order valence-electron chi connectivity index (χ2n) is 5.88. The zero-order valence-electron chi connectivity index (χ0n) is 15.0. The van der Waals surface area contributed by atoms with Crippen molar-refractivity contribution < 1.29 is 13.2 Å². The van der Waals surface area contributed by atoms with Gasteiger partial charge in [0.15, 0.2) is 5.78 Å². The molecule has 0 spiro atoms. The third-order valence-corrected chi connectivity index (χ3v) is 5.05. The van der Waals surface area contributed by atoms with Crippen molar-refractivity contribution in [3.63, 3.8) is 0 Å². The van der Waals surface area contributed by atoms with E-state index in [4.69, 9.17) is 0 Å². The Kier molecular flexibility index (Phi) is 5.81. The fourth-order valence-corrected chi connectivity index (χ4v) is 3.35. The summed E-state index contributed by atoms with van der Waals surface area (Å²) in [6, 6.07) is 16.7. The smallest absolute Gasteiger partial charge is 0.264 e. The van der Waals surface area contributed by atoms with E-state index < -0.39 is 10.0 Å². The van der Waals surface area contributed by atoms with Gasteiger partial charge in [0.2, 0.25) is 5.95 Å². The number of carbonyl (C=O) groups excluding carboxylic acids is 1. The Labute approximate surface area is 163 Å². The molecule has 1 heterocycles. The van der Waals surface area contributed by atoms with E-state index in [-0.39, 0.29) is 16.6 Å². The van der Waals surface area contributed by atoms with Crippen LogP contribution in [0.1, 0.15) is 17.3 Å². The van der Waals surface area contributed by atoms with E-state index in [0.29, 0.717) is 16.9 Å². The van der Waals surface area contributed by atoms with Gasteiger partial charge in [0.1, 0.15) is 0 Å². The summed E-state index contributed by atoms with van der Waals surface area (Å²) in [5.41, 5.74) is 1.89. The fraction of sp³-hybridized carbons (Fsp3) is 0.0500. The molecule has 3 aromatic rings. The molecule has 2 N–H and O–H groups in total. The highest BCUT2D eigenvalue weighted by molar-refractivity contribution is 7.92. The summed E-state index contributed by atoms with van der Waals surface area (Å²) in [5, 5.41) is 3.07. The Morgan fingerprint density at radius 1 is 0.929 bits per heavy atom. The van der Waals surface area contributed by atoms with Gasteiger partial charge in [-0.2, -0.15) is 0 Å². The number of anilines is 2. The minimum Gasteiger partial charge on any atom is -0.359 e. The second kappa shape index (κ2) is 8.45. The van der Waals surface area contributed by atoms with Crippen LogP contribution in [-0.4, -0.2) is 24.2 Å². The molecular formula is C20H18N4O3S. The Balaban J connectivity index is 1.68. The predicted octanol–water partition coefficient (Wildman–Crippen LogP) is 3.48. The van der Waals surface area contributed by atoms with Gasteiger partial charge in [0.25, 0.3) is 10.0 Å². The average molecular weight is 394 g/mol. The van der Waals surface area contributed by atoms with Crippen molar-refractivity contribution >= 4 is 27.4 Å². The van der Waals surface area contributed by atoms with Crippen molar-refractivity contribution in [2.45, 2.75) is 11.8 Å². The highest BCUT2D eigenvalue weighted by Crippen LogP contribution is 2.17. The SMILES string of the molecule is C/C(=C/C(=O)c1ccccc1)Nc1ccc(S(=O)(=O)Nc2ncccn2)cc1. The lowest BCUT2D eigenvalue weighted by Gasteiger charge is -2.09. The van der Waals surface area contributed by atoms with Crippen LogP contribution < -0.4 is 10.0 Å². The summed E-state index contributed by atoms with van der Waals surface area (Å²) in [6.07, 6.45) is 4.39. The first-order chi connectivity index (χ1) is 13.4. The standard InChI is InChI=1S/C20H18N4O3S/c1-15(14-19(25)16-6-3-2-4-7-16)23-17-8-10-18(11-9-17)28(26,27)24-20-21-12-5-13-22-20/h2-14,23H,1H3,(H,21,22,24)/b15-14-. The predicted molar refractivity (Wildman–Crippen MR) is 107 cm³/mol. The van der Waals surface area contributed by atoms with E-state index in [1.807, 2.05) is 6.07 Å². The largest absolute Gasteiger partial charge is 0.359 e. The van der Waals surface area contributed by atoms with Gasteiger partial charge in [0.05, 0.1) is 4.90 Å². The fourth-order valence-electron chi connectivity index (χ4n) is 2.39. The van der Waals surface area contributed by atoms with Crippen LogP contribution in [0.4, 0.5) is 11.6 Å². The Hall–Kier alpha value is -3.52. The van der Waals surface area contributed by atoms with Gasteiger partial charge < -0.3 is 5.32 Å². The van der Waals surface area contributed by atoms with E-state index in [1.54, 1.807) is 49.4 Å². The third-order valence-electron chi connectivity index (χ3n) is 3.70. The first-order valence-electron chi connectivity index (χ1n) is 8.39. The maximum atomic E-state index is 12.4. The van der Waals surface area contributed by atoms with Gasteiger partial charge in [-0.25, -0.2) is 23.1 Å². The molecule has 0 bridgehead atoms. The number of aromatic nitrogens is 2. The van der Waals surface area contributed by atoms with E-state index in [1.165, 1.54) is 30.6 Å². The Morgan fingerprint density at radius 3 is 2.21 bits per heavy atom. The van der Waals surface area contributed by atoms with Crippen molar-refractivity contribution in [3.8, 4) is 0 Å². The van der Waals surface area contributed by atoms with E-state index >= 15 is 0 Å². The number of hydrogen-bond acceptors (Lipinski definition) is 6. The molecule has 0 aliphatic carbocycles. The van der Waals surface area contributed by atoms with Gasteiger partial charge in [-0.05, 0) is 37.3 Å². The topological polar surface area (TPSA) is 101 Å². The molecule has 2 aromatic carbocycles. The van der Waals surface area contributed by atoms with Gasteiger partial charge in [-0.1, -0.05) is 30.3 Å². The van der Waals surface area contributed by atoms with Crippen molar-refractivity contribution in [2.75, 3.05) is 10.0 Å². The van der Waals surface area contributed by atoms with E-state index in [9.17, 15) is 13.2 Å². The maximum absolute atomic E-state index is 12.4. The number of carbonyl (C=O) groups is 1. The van der Waals surface area contributed by atoms with Gasteiger partial charge >= 0.3 is 0 Å². The molecule has 3 rings (SSSR count). The lowest BCUT2D eigenvalue weighted by Crippen LogP contribution is -2.14. The number of benzene rings is 2. The normalized spacial score (nSPS) is 11.7. The number of hydrogen-bond donors (Lipinski definition) is 2. The minimum atomic E-state index is -3.79. The summed E-state index contributed by atoms with van der Waals surface area (Å²) in [6.45, 7) is 1.76. The summed E-state index contributed by atoms with van der Waals surface area (Å²) < 4.78 is 27.1. The van der Waals surface area contributed by atoms with Crippen molar-refractivity contribution in [1.82, 2.24) is 9.97 Å². The molecule has 0 saturated carbocycles. The first kappa shape index (κ1) is 19.2. The van der Waals surface area contributed by atoms with Crippen LogP contribution in [0.15, 0.2) is 89.7 Å². The molecular weight excluding hydrogens is 376 g/mol. The minimum absolute atomic E-state index is 0.00269. The molecule has 0 unspecified atom stereocenters. The van der Waals surface area contributed by atoms with Crippen molar-refractivity contribution in [1.29, 1.82) is 0 Å². The molecule has 142 valence electrons. The molecule has 0 aliphatic heterocycles. The number of nitrogens with one attached hydrogen (secondary N) is 2. The van der Waals surface area contributed by atoms with Crippen LogP contribution in [0.25, 0.3) is 0 Å². The number of nitrogens with zero attached hydrogens (tertiary/aromatic N) is 2. The number of ketones is 1. The van der Waals surface area contributed by atoms with Crippen LogP contribution in [0.5, 0.6) is 0 Å². The molecule has 0 saturated heterocycles. The summed E-state index contributed by atoms with van der Waals surface area (Å²) in [7, 11) is -3.79. The molecule has 7 nitrogen and oxygen atoms in total. The molecule has 1 aromatic heterocycles. The summed E-state index contributed by atoms with van der Waals surface area (Å²) in [4.78, 5) is 20.0. The molecule has 0 atom stereocenters. The highest BCUT2D eigenvalue weighted by Gasteiger charge is 2.15. The van der Waals surface area contributed by atoms with Crippen molar-refractivity contribution in [2.24, 2.45) is 0 Å². The second-order valence-corrected chi connectivity index (χ2v) is 7.57. The molecule has 0 radical (unpaired) electrons. The maximum Gasteiger partial charge on any atom is 0.264 e. The summed E-state index contributed by atoms with van der Waals surface area (Å²) >= 11 is 0. The summed E-state index contributed by atoms with van der Waals surface area (Å²) in [5.74, 6) is -0.111. The monoisotopic (exact) mass is 394 g/mol. The molecule has 0 aliphatic rings. The Morgan fingerprint density at radius 2 is 1.57 bits per heavy atom. The van der Waals surface area contributed by atoms with Crippen LogP contribution in [0.2, 0.25) is 0 Å². The molecule has 8 heteroatoms. The third kappa shape index (κ3) is 5.01. The van der Waals surface area contributed by atoms with Crippen LogP contribution in [0, 0.1) is 0 Å². The van der Waals surface area contributed by atoms with Gasteiger partial charge in [-0.3, -0.25) is 4.79 Å². The van der Waals surface area contributed by atoms with E-state index in [2.05, 4.69) is 20.0 Å². The lowest BCUT2D eigenvalue weighted by atomic mass is 10.1. The van der Waals surface area contributed by atoms with Crippen LogP contribution in [-0.2, 0) is 10.0 Å². The lowest BCUT2D eigenvalue weighted by molar-refractivity contribution is 0.104. The molecule has 0 fully saturated rings. The quantitative estimate of drug-likeness (QED) is 0.470. The van der Waals surface area contributed by atoms with Gasteiger partial charge in [0, 0.05) is 35.4 Å². The number of sulfonamides is 1. The number of allylic oxidation sites excluding steroid dienone is 2. The molecule has 0 amide bonds. The Bertz CT molecular complexity index is 1080. The zero-order valence-corrected chi connectivity index (χ0v) is 15.8. The van der Waals surface area contributed by atoms with Gasteiger partial charge in [-0.15, -0.1) is 0 Å².